The maximum Gasteiger partial charge on any atom is 0.339 e. The number of carbonyl (C=O) groups is 1. The number of rotatable bonds is 2. The number of carboxylic acids is 1. The summed E-state index contributed by atoms with van der Waals surface area (Å²) >= 11 is 0. The summed E-state index contributed by atoms with van der Waals surface area (Å²) in [6, 6.07) is 6.48. The minimum Gasteiger partial charge on any atom is -0.507 e. The van der Waals surface area contributed by atoms with E-state index in [1.807, 2.05) is 20.8 Å². The molecule has 2 rings (SSSR count). The Balaban J connectivity index is 2.85. The lowest BCUT2D eigenvalue weighted by atomic mass is 9.81. The van der Waals surface area contributed by atoms with Crippen LogP contribution in [0.3, 0.4) is 0 Å². The Morgan fingerprint density at radius 2 is 1.74 bits per heavy atom. The van der Waals surface area contributed by atoms with Gasteiger partial charge in [0.15, 0.2) is 0 Å². The fraction of sp³-hybridized carbons (Fsp3) is 0.316. The number of hydrogen-bond acceptors (Lipinski definition) is 2. The van der Waals surface area contributed by atoms with E-state index in [9.17, 15) is 19.4 Å². The number of carboxylic acid groups (broad SMARTS) is 1. The van der Waals surface area contributed by atoms with Crippen molar-refractivity contribution in [2.75, 3.05) is 0 Å². The Bertz CT molecular complexity index is 786. The van der Waals surface area contributed by atoms with Crippen LogP contribution >= 0.6 is 0 Å². The van der Waals surface area contributed by atoms with Crippen molar-refractivity contribution >= 4 is 5.97 Å². The molecule has 4 heteroatoms. The van der Waals surface area contributed by atoms with Crippen LogP contribution in [0, 0.1) is 19.7 Å². The molecule has 0 aromatic heterocycles. The summed E-state index contributed by atoms with van der Waals surface area (Å²) in [7, 11) is 0. The molecule has 0 aliphatic rings. The summed E-state index contributed by atoms with van der Waals surface area (Å²) in [6.07, 6.45) is 0. The van der Waals surface area contributed by atoms with Gasteiger partial charge >= 0.3 is 5.97 Å². The van der Waals surface area contributed by atoms with Crippen molar-refractivity contribution in [3.63, 3.8) is 0 Å². The Morgan fingerprint density at radius 1 is 1.13 bits per heavy atom. The molecule has 0 fully saturated rings. The van der Waals surface area contributed by atoms with Crippen molar-refractivity contribution in [3.05, 3.63) is 52.3 Å². The molecule has 3 nitrogen and oxygen atoms in total. The van der Waals surface area contributed by atoms with Gasteiger partial charge in [0.2, 0.25) is 0 Å². The van der Waals surface area contributed by atoms with E-state index >= 15 is 0 Å². The highest BCUT2D eigenvalue weighted by atomic mass is 19.1. The second-order valence-electron chi connectivity index (χ2n) is 6.84. The van der Waals surface area contributed by atoms with Crippen LogP contribution in [0.5, 0.6) is 5.75 Å². The Kier molecular flexibility index (Phi) is 4.20. The lowest BCUT2D eigenvalue weighted by Crippen LogP contribution is -2.15. The third kappa shape index (κ3) is 3.07. The Hall–Kier alpha value is -2.36. The van der Waals surface area contributed by atoms with Crippen LogP contribution in [0.15, 0.2) is 24.3 Å². The summed E-state index contributed by atoms with van der Waals surface area (Å²) in [5, 5.41) is 19.9. The fourth-order valence-corrected chi connectivity index (χ4v) is 2.71. The zero-order chi connectivity index (χ0) is 17.5. The number of aryl methyl sites for hydroxylation is 1. The highest BCUT2D eigenvalue weighted by Crippen LogP contribution is 2.40. The first-order chi connectivity index (χ1) is 10.5. The molecule has 0 aliphatic heterocycles. The summed E-state index contributed by atoms with van der Waals surface area (Å²) in [5.41, 5.74) is 2.40. The van der Waals surface area contributed by atoms with Crippen LogP contribution in [-0.2, 0) is 5.41 Å². The molecule has 0 radical (unpaired) electrons. The second kappa shape index (κ2) is 5.69. The van der Waals surface area contributed by atoms with Crippen LogP contribution in [-0.4, -0.2) is 16.2 Å². The van der Waals surface area contributed by atoms with Crippen molar-refractivity contribution in [1.82, 2.24) is 0 Å². The SMILES string of the molecule is Cc1cc(-c2cc(C(C)(C)C)c(O)c(C(=O)O)c2C)ccc1F. The van der Waals surface area contributed by atoms with Crippen molar-refractivity contribution in [2.24, 2.45) is 0 Å². The first kappa shape index (κ1) is 17.0. The third-order valence-corrected chi connectivity index (χ3v) is 4.05. The van der Waals surface area contributed by atoms with Crippen LogP contribution in [0.25, 0.3) is 11.1 Å². The van der Waals surface area contributed by atoms with Gasteiger partial charge in [-0.05, 0) is 59.7 Å². The highest BCUT2D eigenvalue weighted by molar-refractivity contribution is 5.96. The van der Waals surface area contributed by atoms with E-state index in [0.29, 0.717) is 22.3 Å². The number of halogens is 1. The number of benzene rings is 2. The average molecular weight is 316 g/mol. The van der Waals surface area contributed by atoms with E-state index in [4.69, 9.17) is 0 Å². The molecule has 0 atom stereocenters. The van der Waals surface area contributed by atoms with Crippen LogP contribution in [0.2, 0.25) is 0 Å². The Morgan fingerprint density at radius 3 is 2.22 bits per heavy atom. The number of aromatic hydroxyl groups is 1. The Labute approximate surface area is 135 Å². The zero-order valence-corrected chi connectivity index (χ0v) is 14.0. The van der Waals surface area contributed by atoms with Gasteiger partial charge in [-0.2, -0.15) is 0 Å². The first-order valence-electron chi connectivity index (χ1n) is 7.41. The molecule has 0 amide bonds. The van der Waals surface area contributed by atoms with Gasteiger partial charge in [0.25, 0.3) is 0 Å². The summed E-state index contributed by atoms with van der Waals surface area (Å²) in [5.74, 6) is -1.68. The van der Waals surface area contributed by atoms with Crippen molar-refractivity contribution in [3.8, 4) is 16.9 Å². The molecule has 0 heterocycles. The molecule has 0 spiro atoms. The molecule has 0 bridgehead atoms. The van der Waals surface area contributed by atoms with Gasteiger partial charge in [0, 0.05) is 5.56 Å². The van der Waals surface area contributed by atoms with Gasteiger partial charge < -0.3 is 10.2 Å². The fourth-order valence-electron chi connectivity index (χ4n) is 2.71. The molecule has 2 N–H and O–H groups in total. The largest absolute Gasteiger partial charge is 0.507 e. The molecule has 122 valence electrons. The van der Waals surface area contributed by atoms with E-state index in [0.717, 1.165) is 5.56 Å². The van der Waals surface area contributed by atoms with Gasteiger partial charge in [-0.3, -0.25) is 0 Å². The number of hydrogen-bond donors (Lipinski definition) is 2. The van der Waals surface area contributed by atoms with E-state index in [-0.39, 0.29) is 17.1 Å². The van der Waals surface area contributed by atoms with Gasteiger partial charge in [-0.25, -0.2) is 9.18 Å². The maximum atomic E-state index is 13.5. The van der Waals surface area contributed by atoms with Gasteiger partial charge in [0.1, 0.15) is 17.1 Å². The molecular weight excluding hydrogens is 295 g/mol. The van der Waals surface area contributed by atoms with E-state index in [1.54, 1.807) is 32.0 Å². The summed E-state index contributed by atoms with van der Waals surface area (Å²) < 4.78 is 13.5. The van der Waals surface area contributed by atoms with Crippen molar-refractivity contribution in [1.29, 1.82) is 0 Å². The molecule has 0 unspecified atom stereocenters. The van der Waals surface area contributed by atoms with E-state index < -0.39 is 11.4 Å². The molecule has 2 aromatic rings. The van der Waals surface area contributed by atoms with Gasteiger partial charge in [-0.1, -0.05) is 26.8 Å². The van der Waals surface area contributed by atoms with Gasteiger partial charge in [0.05, 0.1) is 0 Å². The monoisotopic (exact) mass is 316 g/mol. The third-order valence-electron chi connectivity index (χ3n) is 4.05. The standard InChI is InChI=1S/C19H21FO3/c1-10-8-12(6-7-15(10)20)13-9-14(19(3,4)5)17(21)16(11(13)2)18(22)23/h6-9,21H,1-5H3,(H,22,23). The van der Waals surface area contributed by atoms with E-state index in [2.05, 4.69) is 0 Å². The molecule has 23 heavy (non-hydrogen) atoms. The average Bonchev–Trinajstić information content (AvgIpc) is 2.40. The van der Waals surface area contributed by atoms with Crippen LogP contribution in [0.4, 0.5) is 4.39 Å². The lowest BCUT2D eigenvalue weighted by molar-refractivity contribution is 0.0692. The smallest absolute Gasteiger partial charge is 0.339 e. The minimum absolute atomic E-state index is 0.102. The van der Waals surface area contributed by atoms with Gasteiger partial charge in [-0.15, -0.1) is 0 Å². The number of phenols is 1. The van der Waals surface area contributed by atoms with Crippen molar-refractivity contribution in [2.45, 2.75) is 40.0 Å². The minimum atomic E-state index is -1.17. The zero-order valence-electron chi connectivity index (χ0n) is 14.0. The van der Waals surface area contributed by atoms with Crippen LogP contribution in [0.1, 0.15) is 47.8 Å². The lowest BCUT2D eigenvalue weighted by Gasteiger charge is -2.24. The topological polar surface area (TPSA) is 57.5 Å². The molecular formula is C19H21FO3. The molecule has 0 aliphatic carbocycles. The molecule has 0 saturated heterocycles. The first-order valence-corrected chi connectivity index (χ1v) is 7.41. The normalized spacial score (nSPS) is 11.6. The summed E-state index contributed by atoms with van der Waals surface area (Å²) in [6.45, 7) is 9.04. The predicted molar refractivity (Wildman–Crippen MR) is 88.6 cm³/mol. The van der Waals surface area contributed by atoms with E-state index in [1.165, 1.54) is 6.07 Å². The van der Waals surface area contributed by atoms with Crippen LogP contribution < -0.4 is 0 Å². The highest BCUT2D eigenvalue weighted by Gasteiger charge is 2.26. The molecule has 2 aromatic carbocycles. The predicted octanol–water partition coefficient (Wildman–Crippen LogP) is 4.81. The quantitative estimate of drug-likeness (QED) is 0.836. The summed E-state index contributed by atoms with van der Waals surface area (Å²) in [4.78, 5) is 11.6. The second-order valence-corrected chi connectivity index (χ2v) is 6.84. The maximum absolute atomic E-state index is 13.5. The molecule has 0 saturated carbocycles. The van der Waals surface area contributed by atoms with Crippen molar-refractivity contribution < 1.29 is 19.4 Å². The number of aromatic carboxylic acids is 1.